The molecule has 1 aromatic heterocycles. The predicted molar refractivity (Wildman–Crippen MR) is 85.7 cm³/mol. The van der Waals surface area contributed by atoms with E-state index in [1.54, 1.807) is 6.07 Å². The van der Waals surface area contributed by atoms with Gasteiger partial charge in [0.2, 0.25) is 0 Å². The van der Waals surface area contributed by atoms with E-state index in [9.17, 15) is 9.59 Å². The van der Waals surface area contributed by atoms with E-state index in [4.69, 9.17) is 5.11 Å². The second kappa shape index (κ2) is 6.85. The summed E-state index contributed by atoms with van der Waals surface area (Å²) in [6.07, 6.45) is 3.22. The fraction of sp³-hybridized carbons (Fsp3) is 0.235. The van der Waals surface area contributed by atoms with Gasteiger partial charge in [-0.1, -0.05) is 31.2 Å². The summed E-state index contributed by atoms with van der Waals surface area (Å²) in [6.45, 7) is 4.33. The Morgan fingerprint density at radius 3 is 2.50 bits per heavy atom. The Balaban J connectivity index is 2.53. The number of aromatic nitrogens is 2. The zero-order valence-corrected chi connectivity index (χ0v) is 12.6. The van der Waals surface area contributed by atoms with Crippen LogP contribution in [0.2, 0.25) is 0 Å². The number of carboxylic acid groups (broad SMARTS) is 1. The van der Waals surface area contributed by atoms with E-state index in [0.29, 0.717) is 17.8 Å². The Labute approximate surface area is 128 Å². The van der Waals surface area contributed by atoms with E-state index < -0.39 is 5.97 Å². The number of hydrogen-bond donors (Lipinski definition) is 1. The van der Waals surface area contributed by atoms with E-state index in [2.05, 4.69) is 12.0 Å². The van der Waals surface area contributed by atoms with Crippen molar-refractivity contribution in [1.29, 1.82) is 0 Å². The highest BCUT2D eigenvalue weighted by molar-refractivity contribution is 5.85. The van der Waals surface area contributed by atoms with Crippen molar-refractivity contribution in [2.75, 3.05) is 0 Å². The highest BCUT2D eigenvalue weighted by atomic mass is 16.4. The van der Waals surface area contributed by atoms with Crippen molar-refractivity contribution in [3.8, 4) is 11.3 Å². The van der Waals surface area contributed by atoms with Crippen LogP contribution in [0.1, 0.15) is 25.0 Å². The number of aliphatic carboxylic acids is 1. The second-order valence-electron chi connectivity index (χ2n) is 4.83. The minimum atomic E-state index is -1.09. The Morgan fingerprint density at radius 2 is 1.95 bits per heavy atom. The number of hydrogen-bond acceptors (Lipinski definition) is 3. The third kappa shape index (κ3) is 3.49. The van der Waals surface area contributed by atoms with Crippen LogP contribution in [0.3, 0.4) is 0 Å². The van der Waals surface area contributed by atoms with Gasteiger partial charge in [-0.05, 0) is 31.1 Å². The normalized spacial score (nSPS) is 11.0. The maximum Gasteiger partial charge on any atom is 0.328 e. The van der Waals surface area contributed by atoms with Gasteiger partial charge in [-0.3, -0.25) is 4.79 Å². The highest BCUT2D eigenvalue weighted by Crippen LogP contribution is 2.18. The number of rotatable bonds is 5. The first-order chi connectivity index (χ1) is 10.5. The molecule has 5 nitrogen and oxygen atoms in total. The molecule has 1 aromatic carbocycles. The minimum absolute atomic E-state index is 0.297. The van der Waals surface area contributed by atoms with Crippen LogP contribution in [0.15, 0.2) is 41.2 Å². The lowest BCUT2D eigenvalue weighted by Gasteiger charge is -2.08. The molecule has 1 N–H and O–H groups in total. The van der Waals surface area contributed by atoms with Crippen LogP contribution < -0.4 is 5.56 Å². The molecule has 0 amide bonds. The SMILES string of the molecule is CCc1ccc(-c2cc(/C=C/C(=O)O)c(=O)n(CC)n2)cc1. The molecular weight excluding hydrogens is 280 g/mol. The number of nitrogens with zero attached hydrogens (tertiary/aromatic N) is 2. The molecule has 0 saturated carbocycles. The lowest BCUT2D eigenvalue weighted by molar-refractivity contribution is -0.131. The van der Waals surface area contributed by atoms with E-state index in [-0.39, 0.29) is 5.56 Å². The maximum atomic E-state index is 12.2. The summed E-state index contributed by atoms with van der Waals surface area (Å²) >= 11 is 0. The molecule has 1 heterocycles. The van der Waals surface area contributed by atoms with Gasteiger partial charge in [-0.2, -0.15) is 5.10 Å². The molecule has 5 heteroatoms. The molecule has 0 unspecified atom stereocenters. The average Bonchev–Trinajstić information content (AvgIpc) is 2.54. The summed E-state index contributed by atoms with van der Waals surface area (Å²) in [5, 5.41) is 13.1. The molecule has 2 rings (SSSR count). The fourth-order valence-electron chi connectivity index (χ4n) is 2.11. The van der Waals surface area contributed by atoms with Crippen molar-refractivity contribution >= 4 is 12.0 Å². The van der Waals surface area contributed by atoms with Crippen molar-refractivity contribution in [2.45, 2.75) is 26.8 Å². The highest BCUT2D eigenvalue weighted by Gasteiger charge is 2.08. The number of carboxylic acids is 1. The van der Waals surface area contributed by atoms with Gasteiger partial charge >= 0.3 is 5.97 Å². The summed E-state index contributed by atoms with van der Waals surface area (Å²) in [7, 11) is 0. The van der Waals surface area contributed by atoms with Crippen LogP contribution in [0.4, 0.5) is 0 Å². The van der Waals surface area contributed by atoms with Crippen molar-refractivity contribution in [1.82, 2.24) is 9.78 Å². The van der Waals surface area contributed by atoms with Gasteiger partial charge < -0.3 is 5.11 Å². The van der Waals surface area contributed by atoms with Crippen molar-refractivity contribution < 1.29 is 9.90 Å². The molecule has 0 radical (unpaired) electrons. The Bertz CT molecular complexity index is 758. The standard InChI is InChI=1S/C17H18N2O3/c1-3-12-5-7-13(8-6-12)15-11-14(9-10-16(20)21)17(22)19(4-2)18-15/h5-11H,3-4H2,1-2H3,(H,20,21)/b10-9+. The van der Waals surface area contributed by atoms with Crippen molar-refractivity contribution in [2.24, 2.45) is 0 Å². The molecule has 114 valence electrons. The van der Waals surface area contributed by atoms with E-state index >= 15 is 0 Å². The predicted octanol–water partition coefficient (Wildman–Crippen LogP) is 2.59. The van der Waals surface area contributed by atoms with Gasteiger partial charge in [0, 0.05) is 23.7 Å². The van der Waals surface area contributed by atoms with E-state index in [1.165, 1.54) is 16.3 Å². The molecule has 22 heavy (non-hydrogen) atoms. The molecular formula is C17H18N2O3. The lowest BCUT2D eigenvalue weighted by Crippen LogP contribution is -2.24. The van der Waals surface area contributed by atoms with Crippen LogP contribution in [-0.2, 0) is 17.8 Å². The van der Waals surface area contributed by atoms with Gasteiger partial charge in [0.1, 0.15) is 0 Å². The third-order valence-corrected chi connectivity index (χ3v) is 3.37. The number of aryl methyl sites for hydroxylation is 2. The monoisotopic (exact) mass is 298 g/mol. The zero-order chi connectivity index (χ0) is 16.1. The summed E-state index contributed by atoms with van der Waals surface area (Å²) in [6, 6.07) is 9.57. The van der Waals surface area contributed by atoms with E-state index in [0.717, 1.165) is 18.1 Å². The zero-order valence-electron chi connectivity index (χ0n) is 12.6. The summed E-state index contributed by atoms with van der Waals surface area (Å²) in [4.78, 5) is 22.8. The second-order valence-corrected chi connectivity index (χ2v) is 4.83. The summed E-state index contributed by atoms with van der Waals surface area (Å²) < 4.78 is 1.34. The fourth-order valence-corrected chi connectivity index (χ4v) is 2.11. The van der Waals surface area contributed by atoms with Crippen LogP contribution in [-0.4, -0.2) is 20.9 Å². The van der Waals surface area contributed by atoms with Gasteiger partial charge in [-0.15, -0.1) is 0 Å². The first-order valence-electron chi connectivity index (χ1n) is 7.17. The van der Waals surface area contributed by atoms with Crippen molar-refractivity contribution in [3.05, 3.63) is 57.9 Å². The van der Waals surface area contributed by atoms with Crippen LogP contribution in [0.25, 0.3) is 17.3 Å². The molecule has 2 aromatic rings. The van der Waals surface area contributed by atoms with Crippen LogP contribution >= 0.6 is 0 Å². The molecule has 0 fully saturated rings. The van der Waals surface area contributed by atoms with Crippen molar-refractivity contribution in [3.63, 3.8) is 0 Å². The molecule has 0 spiro atoms. The Kier molecular flexibility index (Phi) is 4.88. The first-order valence-corrected chi connectivity index (χ1v) is 7.17. The topological polar surface area (TPSA) is 72.2 Å². The van der Waals surface area contributed by atoms with Gasteiger partial charge in [0.05, 0.1) is 5.69 Å². The number of benzene rings is 1. The Morgan fingerprint density at radius 1 is 1.27 bits per heavy atom. The Hall–Kier alpha value is -2.69. The first kappa shape index (κ1) is 15.7. The smallest absolute Gasteiger partial charge is 0.328 e. The van der Waals surface area contributed by atoms with E-state index in [1.807, 2.05) is 31.2 Å². The minimum Gasteiger partial charge on any atom is -0.478 e. The molecule has 0 saturated heterocycles. The summed E-state index contributed by atoms with van der Waals surface area (Å²) in [5.74, 6) is -1.09. The van der Waals surface area contributed by atoms with Crippen LogP contribution in [0.5, 0.6) is 0 Å². The molecule has 0 bridgehead atoms. The molecule has 0 atom stereocenters. The lowest BCUT2D eigenvalue weighted by atomic mass is 10.1. The quantitative estimate of drug-likeness (QED) is 0.861. The summed E-state index contributed by atoms with van der Waals surface area (Å²) in [5.41, 5.74) is 2.78. The average molecular weight is 298 g/mol. The number of carbonyl (C=O) groups is 1. The largest absolute Gasteiger partial charge is 0.478 e. The molecule has 0 aliphatic rings. The van der Waals surface area contributed by atoms with Gasteiger partial charge in [-0.25, -0.2) is 9.48 Å². The maximum absolute atomic E-state index is 12.2. The van der Waals surface area contributed by atoms with Gasteiger partial charge in [0.25, 0.3) is 5.56 Å². The van der Waals surface area contributed by atoms with Crippen LogP contribution in [0, 0.1) is 0 Å². The molecule has 0 aliphatic carbocycles. The van der Waals surface area contributed by atoms with Gasteiger partial charge in [0.15, 0.2) is 0 Å². The third-order valence-electron chi connectivity index (χ3n) is 3.37. The molecule has 0 aliphatic heterocycles.